The maximum atomic E-state index is 13.6. The van der Waals surface area contributed by atoms with Crippen molar-refractivity contribution >= 4 is 5.91 Å². The lowest BCUT2D eigenvalue weighted by molar-refractivity contribution is 0.0254. The topological polar surface area (TPSA) is 75.1 Å². The van der Waals surface area contributed by atoms with Gasteiger partial charge in [0.25, 0.3) is 5.91 Å². The Labute approximate surface area is 216 Å². The molecule has 1 aromatic heterocycles. The van der Waals surface area contributed by atoms with Crippen molar-refractivity contribution in [2.45, 2.75) is 70.9 Å². The fourth-order valence-corrected chi connectivity index (χ4v) is 5.65. The average Bonchev–Trinajstić information content (AvgIpc) is 3.40. The lowest BCUT2D eigenvalue weighted by Crippen LogP contribution is -2.50. The van der Waals surface area contributed by atoms with E-state index in [1.54, 1.807) is 11.1 Å². The molecule has 0 unspecified atom stereocenters. The molecule has 7 nitrogen and oxygen atoms in total. The molecule has 2 fully saturated rings. The lowest BCUT2D eigenvalue weighted by Gasteiger charge is -2.38. The second-order valence-electron chi connectivity index (χ2n) is 11.1. The van der Waals surface area contributed by atoms with E-state index >= 15 is 0 Å². The number of aromatic nitrogens is 1. The third-order valence-electron chi connectivity index (χ3n) is 8.02. The minimum absolute atomic E-state index is 0.0842. The number of nitrogens with zero attached hydrogens (tertiary/aromatic N) is 3. The Bertz CT molecular complexity index is 930. The summed E-state index contributed by atoms with van der Waals surface area (Å²) in [7, 11) is 2.14. The van der Waals surface area contributed by atoms with E-state index in [1.165, 1.54) is 25.7 Å². The molecule has 1 aromatic rings. The second kappa shape index (κ2) is 12.9. The predicted molar refractivity (Wildman–Crippen MR) is 140 cm³/mol. The molecule has 3 atom stereocenters. The number of likely N-dealkylation sites (N-methyl/N-ethyl adjacent to an activating group) is 1. The van der Waals surface area contributed by atoms with Gasteiger partial charge >= 0.3 is 0 Å². The van der Waals surface area contributed by atoms with Gasteiger partial charge in [0.1, 0.15) is 11.7 Å². The fourth-order valence-electron chi connectivity index (χ4n) is 5.65. The molecule has 198 valence electrons. The summed E-state index contributed by atoms with van der Waals surface area (Å²) in [5, 5.41) is 9.89. The Morgan fingerprint density at radius 2 is 1.94 bits per heavy atom. The van der Waals surface area contributed by atoms with E-state index in [1.807, 2.05) is 13.0 Å². The van der Waals surface area contributed by atoms with Crippen LogP contribution in [0.15, 0.2) is 12.3 Å². The van der Waals surface area contributed by atoms with Crippen molar-refractivity contribution in [3.8, 4) is 17.7 Å². The summed E-state index contributed by atoms with van der Waals surface area (Å²) in [6, 6.07) is 1.53. The van der Waals surface area contributed by atoms with E-state index < -0.39 is 0 Å². The van der Waals surface area contributed by atoms with Gasteiger partial charge in [-0.15, -0.1) is 0 Å². The van der Waals surface area contributed by atoms with Gasteiger partial charge in [-0.2, -0.15) is 0 Å². The molecule has 1 amide bonds. The number of carbonyl (C=O) groups excluding carboxylic acids is 1. The quantitative estimate of drug-likeness (QED) is 0.581. The van der Waals surface area contributed by atoms with Gasteiger partial charge in [-0.1, -0.05) is 31.6 Å². The van der Waals surface area contributed by atoms with Crippen LogP contribution in [0.5, 0.6) is 5.88 Å². The van der Waals surface area contributed by atoms with Crippen LogP contribution in [0.3, 0.4) is 0 Å². The number of pyridine rings is 1. The van der Waals surface area contributed by atoms with Gasteiger partial charge in [0, 0.05) is 56.9 Å². The van der Waals surface area contributed by atoms with Crippen LogP contribution in [-0.2, 0) is 4.74 Å². The van der Waals surface area contributed by atoms with Crippen LogP contribution in [0, 0.1) is 29.6 Å². The summed E-state index contributed by atoms with van der Waals surface area (Å²) in [5.74, 6) is 8.16. The summed E-state index contributed by atoms with van der Waals surface area (Å²) in [5.41, 5.74) is 1.18. The first-order chi connectivity index (χ1) is 17.4. The number of rotatable bonds is 7. The number of fused-ring (bicyclic) bond motifs is 1. The zero-order chi connectivity index (χ0) is 25.5. The van der Waals surface area contributed by atoms with E-state index in [-0.39, 0.29) is 30.6 Å². The molecule has 3 heterocycles. The van der Waals surface area contributed by atoms with Crippen LogP contribution in [0.2, 0.25) is 0 Å². The summed E-state index contributed by atoms with van der Waals surface area (Å²) in [6.45, 7) is 7.87. The van der Waals surface area contributed by atoms with Gasteiger partial charge < -0.3 is 24.4 Å². The largest absolute Gasteiger partial charge is 0.472 e. The molecule has 36 heavy (non-hydrogen) atoms. The van der Waals surface area contributed by atoms with Gasteiger partial charge in [0.15, 0.2) is 0 Å². The number of hydrogen-bond donors (Lipinski definition) is 1. The SMILES string of the molecule is C[C@@H]1CN([C@@H](C)CO)C(=O)c2cc(C#CCC3CCCC3)cnc2O[C@H]1CN(C)CC1CCOCC1. The minimum atomic E-state index is -0.288. The van der Waals surface area contributed by atoms with Gasteiger partial charge in [0.05, 0.1) is 12.6 Å². The lowest BCUT2D eigenvalue weighted by atomic mass is 9.97. The normalized spacial score (nSPS) is 24.5. The number of carbonyl (C=O) groups is 1. The van der Waals surface area contributed by atoms with Crippen LogP contribution in [0.4, 0.5) is 0 Å². The minimum Gasteiger partial charge on any atom is -0.472 e. The molecular formula is C29H43N3O4. The highest BCUT2D eigenvalue weighted by molar-refractivity contribution is 5.97. The molecule has 4 rings (SSSR count). The van der Waals surface area contributed by atoms with Crippen molar-refractivity contribution in [3.05, 3.63) is 23.4 Å². The monoisotopic (exact) mass is 497 g/mol. The molecule has 0 spiro atoms. The first-order valence-corrected chi connectivity index (χ1v) is 13.8. The first-order valence-electron chi connectivity index (χ1n) is 13.8. The molecule has 1 N–H and O–H groups in total. The summed E-state index contributed by atoms with van der Waals surface area (Å²) < 4.78 is 12.0. The third-order valence-corrected chi connectivity index (χ3v) is 8.02. The molecule has 1 saturated heterocycles. The standard InChI is InChI=1S/C29H43N3O4/c1-21-17-32(22(2)20-33)29(34)26-15-25(10-6-9-23-7-4-5-8-23)16-30-28(26)36-27(21)19-31(3)18-24-11-13-35-14-12-24/h15-16,21-24,27,33H,4-5,7-9,11-14,17-20H2,1-3H3/t21-,22+,27+/m1/s1. The molecule has 1 saturated carbocycles. The maximum Gasteiger partial charge on any atom is 0.259 e. The molecule has 2 aliphatic heterocycles. The van der Waals surface area contributed by atoms with Crippen LogP contribution in [0.25, 0.3) is 0 Å². The molecule has 0 radical (unpaired) electrons. The summed E-state index contributed by atoms with van der Waals surface area (Å²) in [6.07, 6.45) is 9.83. The van der Waals surface area contributed by atoms with E-state index in [9.17, 15) is 9.90 Å². The van der Waals surface area contributed by atoms with E-state index in [4.69, 9.17) is 9.47 Å². The van der Waals surface area contributed by atoms with Crippen molar-refractivity contribution < 1.29 is 19.4 Å². The third kappa shape index (κ3) is 7.00. The highest BCUT2D eigenvalue weighted by Gasteiger charge is 2.34. The zero-order valence-electron chi connectivity index (χ0n) is 22.2. The smallest absolute Gasteiger partial charge is 0.259 e. The van der Waals surface area contributed by atoms with Gasteiger partial charge in [-0.25, -0.2) is 4.98 Å². The average molecular weight is 498 g/mol. The summed E-state index contributed by atoms with van der Waals surface area (Å²) >= 11 is 0. The van der Waals surface area contributed by atoms with Crippen molar-refractivity contribution in [2.24, 2.45) is 17.8 Å². The van der Waals surface area contributed by atoms with Crippen molar-refractivity contribution in [1.82, 2.24) is 14.8 Å². The highest BCUT2D eigenvalue weighted by Crippen LogP contribution is 2.29. The number of ether oxygens (including phenoxy) is 2. The van der Waals surface area contributed by atoms with Crippen molar-refractivity contribution in [1.29, 1.82) is 0 Å². The molecule has 1 aliphatic carbocycles. The number of hydrogen-bond acceptors (Lipinski definition) is 6. The number of aliphatic hydroxyl groups is 1. The Kier molecular flexibility index (Phi) is 9.64. The van der Waals surface area contributed by atoms with Gasteiger partial charge in [0.2, 0.25) is 5.88 Å². The Morgan fingerprint density at radius 1 is 1.19 bits per heavy atom. The molecule has 3 aliphatic rings. The van der Waals surface area contributed by atoms with Crippen molar-refractivity contribution in [2.75, 3.05) is 46.5 Å². The predicted octanol–water partition coefficient (Wildman–Crippen LogP) is 3.59. The van der Waals surface area contributed by atoms with Crippen LogP contribution in [0.1, 0.15) is 74.7 Å². The Morgan fingerprint density at radius 3 is 2.67 bits per heavy atom. The maximum absolute atomic E-state index is 13.6. The zero-order valence-corrected chi connectivity index (χ0v) is 22.2. The Hall–Kier alpha value is -2.14. The molecule has 0 bridgehead atoms. The van der Waals surface area contributed by atoms with E-state index in [0.717, 1.165) is 51.1 Å². The summed E-state index contributed by atoms with van der Waals surface area (Å²) in [4.78, 5) is 22.3. The first kappa shape index (κ1) is 26.9. The number of aliphatic hydroxyl groups excluding tert-OH is 1. The number of amides is 1. The van der Waals surface area contributed by atoms with Crippen LogP contribution >= 0.6 is 0 Å². The van der Waals surface area contributed by atoms with Gasteiger partial charge in [-0.3, -0.25) is 4.79 Å². The van der Waals surface area contributed by atoms with Gasteiger partial charge in [-0.05, 0) is 57.6 Å². The van der Waals surface area contributed by atoms with E-state index in [0.29, 0.717) is 29.8 Å². The van der Waals surface area contributed by atoms with Crippen LogP contribution < -0.4 is 4.74 Å². The van der Waals surface area contributed by atoms with Crippen LogP contribution in [-0.4, -0.2) is 84.4 Å². The second-order valence-corrected chi connectivity index (χ2v) is 11.1. The molecule has 7 heteroatoms. The fraction of sp³-hybridized carbons (Fsp3) is 0.724. The van der Waals surface area contributed by atoms with E-state index in [2.05, 4.69) is 35.7 Å². The van der Waals surface area contributed by atoms with Crippen molar-refractivity contribution in [3.63, 3.8) is 0 Å². The molecular weight excluding hydrogens is 454 g/mol. The molecule has 0 aromatic carbocycles. The Balaban J connectivity index is 1.53. The highest BCUT2D eigenvalue weighted by atomic mass is 16.5.